The summed E-state index contributed by atoms with van der Waals surface area (Å²) in [6.07, 6.45) is 2.65. The Balaban J connectivity index is 2.52. The minimum absolute atomic E-state index is 0.600. The first-order chi connectivity index (χ1) is 6.74. The highest BCUT2D eigenvalue weighted by molar-refractivity contribution is 5.24. The molecule has 1 aromatic rings. The van der Waals surface area contributed by atoms with Gasteiger partial charge in [-0.1, -0.05) is 38.1 Å². The predicted octanol–water partition coefficient (Wildman–Crippen LogP) is 3.66. The lowest BCUT2D eigenvalue weighted by Crippen LogP contribution is -1.89. The van der Waals surface area contributed by atoms with Crippen LogP contribution in [0.1, 0.15) is 43.7 Å². The third-order valence-corrected chi connectivity index (χ3v) is 2.40. The number of rotatable bonds is 4. The van der Waals surface area contributed by atoms with E-state index in [1.807, 2.05) is 0 Å². The summed E-state index contributed by atoms with van der Waals surface area (Å²) in [5.74, 6) is 0.600. The summed E-state index contributed by atoms with van der Waals surface area (Å²) in [5, 5.41) is 8.41. The fourth-order valence-electron chi connectivity index (χ4n) is 1.44. The molecule has 0 unspecified atom stereocenters. The zero-order chi connectivity index (χ0) is 10.4. The molecule has 1 nitrogen and oxygen atoms in total. The maximum atomic E-state index is 8.41. The highest BCUT2D eigenvalue weighted by Gasteiger charge is 1.98. The first-order valence-corrected chi connectivity index (χ1v) is 5.20. The zero-order valence-corrected chi connectivity index (χ0v) is 8.96. The lowest BCUT2D eigenvalue weighted by atomic mass is 10.00. The molecule has 0 heterocycles. The molecule has 14 heavy (non-hydrogen) atoms. The highest BCUT2D eigenvalue weighted by Crippen LogP contribution is 2.15. The Hall–Kier alpha value is -1.29. The van der Waals surface area contributed by atoms with Crippen LogP contribution in [0.5, 0.6) is 0 Å². The van der Waals surface area contributed by atoms with Gasteiger partial charge in [0.1, 0.15) is 0 Å². The lowest BCUT2D eigenvalue weighted by molar-refractivity contribution is 0.840. The average molecular weight is 187 g/mol. The molecule has 0 saturated heterocycles. The summed E-state index contributed by atoms with van der Waals surface area (Å²) >= 11 is 0. The second-order valence-electron chi connectivity index (χ2n) is 3.91. The topological polar surface area (TPSA) is 23.8 Å². The molecule has 1 aromatic carbocycles. The Morgan fingerprint density at radius 1 is 1.21 bits per heavy atom. The molecule has 0 amide bonds. The molecule has 0 aliphatic rings. The van der Waals surface area contributed by atoms with Crippen LogP contribution in [0.15, 0.2) is 24.3 Å². The number of hydrogen-bond acceptors (Lipinski definition) is 1. The van der Waals surface area contributed by atoms with Crippen LogP contribution in [-0.2, 0) is 6.42 Å². The lowest BCUT2D eigenvalue weighted by Gasteiger charge is -2.06. The van der Waals surface area contributed by atoms with Gasteiger partial charge in [0.05, 0.1) is 6.07 Å². The number of hydrogen-bond donors (Lipinski definition) is 0. The second-order valence-corrected chi connectivity index (χ2v) is 3.91. The van der Waals surface area contributed by atoms with Crippen molar-refractivity contribution < 1.29 is 0 Å². The zero-order valence-electron chi connectivity index (χ0n) is 8.96. The summed E-state index contributed by atoms with van der Waals surface area (Å²) < 4.78 is 0. The van der Waals surface area contributed by atoms with E-state index in [1.54, 1.807) is 0 Å². The van der Waals surface area contributed by atoms with E-state index in [9.17, 15) is 0 Å². The van der Waals surface area contributed by atoms with E-state index < -0.39 is 0 Å². The van der Waals surface area contributed by atoms with Gasteiger partial charge < -0.3 is 0 Å². The molecule has 0 atom stereocenters. The number of nitriles is 1. The molecule has 0 aliphatic heterocycles. The summed E-state index contributed by atoms with van der Waals surface area (Å²) in [5.41, 5.74) is 2.72. The van der Waals surface area contributed by atoms with Gasteiger partial charge in [0, 0.05) is 6.42 Å². The van der Waals surface area contributed by atoms with E-state index in [2.05, 4.69) is 44.2 Å². The molecular weight excluding hydrogens is 170 g/mol. The van der Waals surface area contributed by atoms with Crippen LogP contribution >= 0.6 is 0 Å². The van der Waals surface area contributed by atoms with Gasteiger partial charge in [-0.3, -0.25) is 0 Å². The van der Waals surface area contributed by atoms with Crippen molar-refractivity contribution >= 4 is 0 Å². The Kier molecular flexibility index (Phi) is 4.19. The molecule has 0 fully saturated rings. The maximum absolute atomic E-state index is 8.41. The quantitative estimate of drug-likeness (QED) is 0.660. The molecular formula is C13H17N. The van der Waals surface area contributed by atoms with Gasteiger partial charge in [0.2, 0.25) is 0 Å². The maximum Gasteiger partial charge on any atom is 0.0621 e. The van der Waals surface area contributed by atoms with E-state index in [1.165, 1.54) is 11.1 Å². The molecule has 0 aliphatic carbocycles. The van der Waals surface area contributed by atoms with Crippen molar-refractivity contribution in [1.29, 1.82) is 5.26 Å². The van der Waals surface area contributed by atoms with Crippen LogP contribution in [0, 0.1) is 11.3 Å². The molecule has 1 heteroatoms. The Morgan fingerprint density at radius 2 is 1.86 bits per heavy atom. The molecule has 0 bridgehead atoms. The van der Waals surface area contributed by atoms with Crippen molar-refractivity contribution in [3.8, 4) is 6.07 Å². The van der Waals surface area contributed by atoms with Crippen LogP contribution in [0.4, 0.5) is 0 Å². The summed E-state index contributed by atoms with van der Waals surface area (Å²) in [6.45, 7) is 4.40. The van der Waals surface area contributed by atoms with Crippen molar-refractivity contribution in [1.82, 2.24) is 0 Å². The summed E-state index contributed by atoms with van der Waals surface area (Å²) in [6, 6.07) is 10.9. The van der Waals surface area contributed by atoms with Crippen LogP contribution in [0.25, 0.3) is 0 Å². The number of aryl methyl sites for hydroxylation is 1. The second kappa shape index (κ2) is 5.44. The third kappa shape index (κ3) is 3.22. The molecule has 0 spiro atoms. The van der Waals surface area contributed by atoms with E-state index in [4.69, 9.17) is 5.26 Å². The van der Waals surface area contributed by atoms with Gasteiger partial charge >= 0.3 is 0 Å². The van der Waals surface area contributed by atoms with Crippen molar-refractivity contribution in [2.75, 3.05) is 0 Å². The minimum Gasteiger partial charge on any atom is -0.198 e. The standard InChI is InChI=1S/C13H17N/c1-11(2)13-8-6-12(7-9-13)5-3-4-10-14/h6-9,11H,3-5H2,1-2H3. The van der Waals surface area contributed by atoms with Gasteiger partial charge in [-0.25, -0.2) is 0 Å². The van der Waals surface area contributed by atoms with Gasteiger partial charge in [-0.05, 0) is 29.9 Å². The van der Waals surface area contributed by atoms with E-state index >= 15 is 0 Å². The third-order valence-electron chi connectivity index (χ3n) is 2.40. The van der Waals surface area contributed by atoms with Crippen LogP contribution in [0.3, 0.4) is 0 Å². The highest BCUT2D eigenvalue weighted by atomic mass is 14.2. The van der Waals surface area contributed by atoms with Crippen LogP contribution in [-0.4, -0.2) is 0 Å². The monoisotopic (exact) mass is 187 g/mol. The molecule has 0 aromatic heterocycles. The van der Waals surface area contributed by atoms with Crippen LogP contribution < -0.4 is 0 Å². The molecule has 0 radical (unpaired) electrons. The summed E-state index contributed by atoms with van der Waals surface area (Å²) in [4.78, 5) is 0. The Labute approximate surface area is 86.4 Å². The van der Waals surface area contributed by atoms with Crippen molar-refractivity contribution in [3.63, 3.8) is 0 Å². The fraction of sp³-hybridized carbons (Fsp3) is 0.462. The largest absolute Gasteiger partial charge is 0.198 e. The SMILES string of the molecule is CC(C)c1ccc(CCCC#N)cc1. The minimum atomic E-state index is 0.600. The smallest absolute Gasteiger partial charge is 0.0621 e. The number of unbranched alkanes of at least 4 members (excludes halogenated alkanes) is 1. The van der Waals surface area contributed by atoms with Crippen LogP contribution in [0.2, 0.25) is 0 Å². The Bertz CT molecular complexity index is 303. The molecule has 1 rings (SSSR count). The number of benzene rings is 1. The molecule has 0 N–H and O–H groups in total. The number of nitrogens with zero attached hydrogens (tertiary/aromatic N) is 1. The first-order valence-electron chi connectivity index (χ1n) is 5.20. The Morgan fingerprint density at radius 3 is 2.36 bits per heavy atom. The van der Waals surface area contributed by atoms with Gasteiger partial charge in [-0.15, -0.1) is 0 Å². The predicted molar refractivity (Wildman–Crippen MR) is 59.1 cm³/mol. The first kappa shape index (κ1) is 10.8. The van der Waals surface area contributed by atoms with Gasteiger partial charge in [0.15, 0.2) is 0 Å². The van der Waals surface area contributed by atoms with Crippen molar-refractivity contribution in [2.24, 2.45) is 0 Å². The fourth-order valence-corrected chi connectivity index (χ4v) is 1.44. The van der Waals surface area contributed by atoms with E-state index in [0.29, 0.717) is 12.3 Å². The van der Waals surface area contributed by atoms with Crippen molar-refractivity contribution in [2.45, 2.75) is 39.0 Å². The molecule has 74 valence electrons. The van der Waals surface area contributed by atoms with Gasteiger partial charge in [0.25, 0.3) is 0 Å². The normalized spacial score (nSPS) is 10.1. The van der Waals surface area contributed by atoms with E-state index in [0.717, 1.165) is 12.8 Å². The average Bonchev–Trinajstić information content (AvgIpc) is 2.19. The summed E-state index contributed by atoms with van der Waals surface area (Å²) in [7, 11) is 0. The molecule has 0 saturated carbocycles. The van der Waals surface area contributed by atoms with E-state index in [-0.39, 0.29) is 0 Å². The van der Waals surface area contributed by atoms with Gasteiger partial charge in [-0.2, -0.15) is 5.26 Å². The van der Waals surface area contributed by atoms with Crippen molar-refractivity contribution in [3.05, 3.63) is 35.4 Å².